The van der Waals surface area contributed by atoms with Gasteiger partial charge in [-0.2, -0.15) is 0 Å². The number of aromatic hydroxyl groups is 1. The van der Waals surface area contributed by atoms with E-state index in [1.165, 1.54) is 16.7 Å². The number of hydrogen-bond donors (Lipinski definition) is 2. The zero-order chi connectivity index (χ0) is 21.7. The van der Waals surface area contributed by atoms with Gasteiger partial charge in [-0.3, -0.25) is 9.69 Å². The van der Waals surface area contributed by atoms with E-state index in [1.807, 2.05) is 13.0 Å². The van der Waals surface area contributed by atoms with E-state index in [0.717, 1.165) is 5.56 Å². The molecule has 3 rings (SSSR count). The van der Waals surface area contributed by atoms with E-state index in [-0.39, 0.29) is 18.2 Å². The lowest BCUT2D eigenvalue weighted by Gasteiger charge is -2.13. The van der Waals surface area contributed by atoms with Crippen molar-refractivity contribution in [3.63, 3.8) is 0 Å². The van der Waals surface area contributed by atoms with Crippen molar-refractivity contribution in [2.75, 3.05) is 13.2 Å². The molecule has 154 valence electrons. The van der Waals surface area contributed by atoms with Crippen molar-refractivity contribution in [3.05, 3.63) is 71.2 Å². The number of carbonyl (C=O) groups excluding carboxylic acids is 1. The summed E-state index contributed by atoms with van der Waals surface area (Å²) in [6.45, 7) is 5.39. The number of carboxylic acid groups (broad SMARTS) is 1. The van der Waals surface area contributed by atoms with Crippen molar-refractivity contribution in [2.45, 2.75) is 6.92 Å². The number of aliphatic imine (C=N–C) groups is 1. The molecular formula is C22H20N2O5S. The molecule has 1 aliphatic rings. The maximum atomic E-state index is 12.9. The normalized spacial score (nSPS) is 16.3. The van der Waals surface area contributed by atoms with Gasteiger partial charge in [0.2, 0.25) is 0 Å². The standard InChI is InChI=1S/C22H20N2O5S/c1-3-9-24-21(28)19(12-15-5-4-6-16(11-15)29-13-20(26)27)30-22(24)23-17-8-7-14(2)10-18(17)25/h3-8,10-12,25H,1,9,13H2,2H3,(H,26,27)/b19-12-,23-22?. The predicted octanol–water partition coefficient (Wildman–Crippen LogP) is 3.95. The first kappa shape index (κ1) is 21.2. The fraction of sp³-hybridized carbons (Fsp3) is 0.136. The molecule has 8 heteroatoms. The van der Waals surface area contributed by atoms with Gasteiger partial charge in [0.25, 0.3) is 5.91 Å². The van der Waals surface area contributed by atoms with Crippen molar-refractivity contribution < 1.29 is 24.5 Å². The quantitative estimate of drug-likeness (QED) is 0.516. The minimum absolute atomic E-state index is 0.0369. The zero-order valence-electron chi connectivity index (χ0n) is 16.2. The molecule has 0 bridgehead atoms. The van der Waals surface area contributed by atoms with Crippen LogP contribution in [0.5, 0.6) is 11.5 Å². The molecule has 2 aromatic rings. The second-order valence-electron chi connectivity index (χ2n) is 6.46. The molecule has 0 atom stereocenters. The molecule has 2 N–H and O–H groups in total. The van der Waals surface area contributed by atoms with Crippen molar-refractivity contribution in [2.24, 2.45) is 4.99 Å². The van der Waals surface area contributed by atoms with Crippen LogP contribution in [0.3, 0.4) is 0 Å². The minimum atomic E-state index is -1.07. The third kappa shape index (κ3) is 5.09. The third-order valence-corrected chi connectivity index (χ3v) is 5.07. The highest BCUT2D eigenvalue weighted by Gasteiger charge is 2.32. The van der Waals surface area contributed by atoms with E-state index in [1.54, 1.807) is 48.6 Å². The summed E-state index contributed by atoms with van der Waals surface area (Å²) in [6, 6.07) is 11.9. The highest BCUT2D eigenvalue weighted by molar-refractivity contribution is 8.18. The number of ether oxygens (including phenoxy) is 1. The molecule has 1 fully saturated rings. The molecule has 0 saturated carbocycles. The number of amides is 1. The molecule has 1 aliphatic heterocycles. The first-order valence-corrected chi connectivity index (χ1v) is 9.84. The minimum Gasteiger partial charge on any atom is -0.506 e. The Morgan fingerprint density at radius 1 is 1.30 bits per heavy atom. The molecule has 30 heavy (non-hydrogen) atoms. The maximum absolute atomic E-state index is 12.9. The van der Waals surface area contributed by atoms with Crippen LogP contribution in [0.2, 0.25) is 0 Å². The number of thioether (sulfide) groups is 1. The summed E-state index contributed by atoms with van der Waals surface area (Å²) >= 11 is 1.19. The molecule has 0 unspecified atom stereocenters. The van der Waals surface area contributed by atoms with Gasteiger partial charge >= 0.3 is 5.97 Å². The number of amidine groups is 1. The number of rotatable bonds is 7. The number of aliphatic carboxylic acids is 1. The number of carboxylic acids is 1. The van der Waals surface area contributed by atoms with Gasteiger partial charge in [0, 0.05) is 6.54 Å². The lowest BCUT2D eigenvalue weighted by molar-refractivity contribution is -0.139. The lowest BCUT2D eigenvalue weighted by atomic mass is 10.2. The lowest BCUT2D eigenvalue weighted by Crippen LogP contribution is -2.29. The maximum Gasteiger partial charge on any atom is 0.341 e. The van der Waals surface area contributed by atoms with Crippen molar-refractivity contribution in [3.8, 4) is 11.5 Å². The van der Waals surface area contributed by atoms with Crippen molar-refractivity contribution in [1.29, 1.82) is 0 Å². The van der Waals surface area contributed by atoms with Crippen LogP contribution in [0, 0.1) is 6.92 Å². The van der Waals surface area contributed by atoms with Crippen LogP contribution < -0.4 is 4.74 Å². The predicted molar refractivity (Wildman–Crippen MR) is 117 cm³/mol. The summed E-state index contributed by atoms with van der Waals surface area (Å²) in [5.74, 6) is -0.874. The van der Waals surface area contributed by atoms with Gasteiger partial charge in [0.1, 0.15) is 17.2 Å². The second-order valence-corrected chi connectivity index (χ2v) is 7.47. The van der Waals surface area contributed by atoms with E-state index < -0.39 is 12.6 Å². The van der Waals surface area contributed by atoms with Gasteiger partial charge in [0.05, 0.1) is 4.91 Å². The Morgan fingerprint density at radius 2 is 2.10 bits per heavy atom. The number of aryl methyl sites for hydroxylation is 1. The van der Waals surface area contributed by atoms with Crippen molar-refractivity contribution >= 4 is 40.6 Å². The first-order chi connectivity index (χ1) is 14.4. The number of phenols is 1. The van der Waals surface area contributed by atoms with Crippen LogP contribution in [-0.2, 0) is 9.59 Å². The Morgan fingerprint density at radius 3 is 2.80 bits per heavy atom. The Bertz CT molecular complexity index is 1060. The molecule has 1 saturated heterocycles. The van der Waals surface area contributed by atoms with E-state index in [4.69, 9.17) is 9.84 Å². The number of phenolic OH excluding ortho intramolecular Hbond substituents is 1. The average Bonchev–Trinajstić information content (AvgIpc) is 2.98. The van der Waals surface area contributed by atoms with Gasteiger partial charge in [-0.05, 0) is 60.2 Å². The van der Waals surface area contributed by atoms with E-state index >= 15 is 0 Å². The molecule has 7 nitrogen and oxygen atoms in total. The van der Waals surface area contributed by atoms with Gasteiger partial charge in [-0.1, -0.05) is 24.3 Å². The highest BCUT2D eigenvalue weighted by Crippen LogP contribution is 2.36. The molecule has 2 aromatic carbocycles. The molecule has 0 aromatic heterocycles. The third-order valence-electron chi connectivity index (χ3n) is 4.06. The topological polar surface area (TPSA) is 99.4 Å². The molecular weight excluding hydrogens is 404 g/mol. The van der Waals surface area contributed by atoms with Crippen LogP contribution >= 0.6 is 11.8 Å². The van der Waals surface area contributed by atoms with Gasteiger partial charge in [-0.25, -0.2) is 9.79 Å². The molecule has 1 amide bonds. The number of benzene rings is 2. The Balaban J connectivity index is 1.90. The first-order valence-electron chi connectivity index (χ1n) is 9.02. The average molecular weight is 424 g/mol. The second kappa shape index (κ2) is 9.32. The highest BCUT2D eigenvalue weighted by atomic mass is 32.2. The molecule has 0 radical (unpaired) electrons. The van der Waals surface area contributed by atoms with Gasteiger partial charge in [-0.15, -0.1) is 6.58 Å². The van der Waals surface area contributed by atoms with Crippen LogP contribution in [0.1, 0.15) is 11.1 Å². The summed E-state index contributed by atoms with van der Waals surface area (Å²) in [6.07, 6.45) is 3.29. The van der Waals surface area contributed by atoms with Crippen LogP contribution in [0.25, 0.3) is 6.08 Å². The van der Waals surface area contributed by atoms with Crippen LogP contribution in [0.15, 0.2) is 65.0 Å². The fourth-order valence-electron chi connectivity index (χ4n) is 2.70. The molecule has 0 spiro atoms. The Labute approximate surface area is 178 Å². The zero-order valence-corrected chi connectivity index (χ0v) is 17.1. The summed E-state index contributed by atoms with van der Waals surface area (Å²) in [5, 5.41) is 19.3. The van der Waals surface area contributed by atoms with Gasteiger partial charge in [0.15, 0.2) is 11.8 Å². The Hall–Kier alpha value is -3.52. The number of carbonyl (C=O) groups is 2. The summed E-state index contributed by atoms with van der Waals surface area (Å²) in [5.41, 5.74) is 1.96. The smallest absolute Gasteiger partial charge is 0.341 e. The number of hydrogen-bond acceptors (Lipinski definition) is 6. The largest absolute Gasteiger partial charge is 0.506 e. The van der Waals surface area contributed by atoms with E-state index in [9.17, 15) is 14.7 Å². The summed E-state index contributed by atoms with van der Waals surface area (Å²) in [7, 11) is 0. The van der Waals surface area contributed by atoms with Gasteiger partial charge < -0.3 is 14.9 Å². The van der Waals surface area contributed by atoms with E-state index in [0.29, 0.717) is 27.1 Å². The Kier molecular flexibility index (Phi) is 6.58. The monoisotopic (exact) mass is 424 g/mol. The van der Waals surface area contributed by atoms with Crippen LogP contribution in [0.4, 0.5) is 5.69 Å². The van der Waals surface area contributed by atoms with Crippen molar-refractivity contribution in [1.82, 2.24) is 4.90 Å². The summed E-state index contributed by atoms with van der Waals surface area (Å²) in [4.78, 5) is 29.9. The SMILES string of the molecule is C=CCN1C(=O)/C(=C/c2cccc(OCC(=O)O)c2)SC1=Nc1ccc(C)cc1O. The fourth-order valence-corrected chi connectivity index (χ4v) is 3.70. The van der Waals surface area contributed by atoms with E-state index in [2.05, 4.69) is 11.6 Å². The summed E-state index contributed by atoms with van der Waals surface area (Å²) < 4.78 is 5.19. The molecule has 1 heterocycles. The number of nitrogens with zero attached hydrogens (tertiary/aromatic N) is 2. The van der Waals surface area contributed by atoms with Crippen LogP contribution in [-0.4, -0.2) is 45.3 Å². The molecule has 0 aliphatic carbocycles.